The molecule has 0 aromatic carbocycles. The Hall–Kier alpha value is -0.610. The number of rotatable bonds is 7. The van der Waals surface area contributed by atoms with Crippen molar-refractivity contribution in [1.29, 1.82) is 0 Å². The van der Waals surface area contributed by atoms with Gasteiger partial charge in [0.15, 0.2) is 0 Å². The number of piperidine rings is 1. The van der Waals surface area contributed by atoms with Crippen molar-refractivity contribution in [2.45, 2.75) is 39.5 Å². The number of nitrogens with zero attached hydrogens (tertiary/aromatic N) is 1. The van der Waals surface area contributed by atoms with Crippen LogP contribution in [0.3, 0.4) is 0 Å². The Labute approximate surface area is 111 Å². The Kier molecular flexibility index (Phi) is 6.65. The molecular weight excluding hydrogens is 228 g/mol. The number of hydrogen-bond donors (Lipinski definition) is 1. The van der Waals surface area contributed by atoms with Gasteiger partial charge in [-0.05, 0) is 39.3 Å². The molecule has 1 aliphatic rings. The zero-order valence-corrected chi connectivity index (χ0v) is 12.1. The highest BCUT2D eigenvalue weighted by molar-refractivity contribution is 5.83. The molecule has 0 spiro atoms. The van der Waals surface area contributed by atoms with Crippen LogP contribution in [0.2, 0.25) is 0 Å². The zero-order valence-electron chi connectivity index (χ0n) is 12.1. The van der Waals surface area contributed by atoms with E-state index in [4.69, 9.17) is 4.74 Å². The molecule has 1 N–H and O–H groups in total. The van der Waals surface area contributed by atoms with Crippen molar-refractivity contribution in [1.82, 2.24) is 10.2 Å². The second-order valence-corrected chi connectivity index (χ2v) is 5.16. The summed E-state index contributed by atoms with van der Waals surface area (Å²) in [5, 5.41) is 3.36. The maximum Gasteiger partial charge on any atom is 0.228 e. The van der Waals surface area contributed by atoms with Crippen LogP contribution in [-0.4, -0.2) is 50.7 Å². The average molecular weight is 256 g/mol. The van der Waals surface area contributed by atoms with E-state index in [0.29, 0.717) is 19.1 Å². The molecule has 1 saturated heterocycles. The van der Waals surface area contributed by atoms with Gasteiger partial charge in [-0.25, -0.2) is 0 Å². The van der Waals surface area contributed by atoms with Gasteiger partial charge in [-0.15, -0.1) is 0 Å². The lowest BCUT2D eigenvalue weighted by molar-refractivity contribution is -0.145. The highest BCUT2D eigenvalue weighted by Crippen LogP contribution is 2.36. The van der Waals surface area contributed by atoms with Crippen LogP contribution in [0.5, 0.6) is 0 Å². The van der Waals surface area contributed by atoms with Crippen molar-refractivity contribution in [2.75, 3.05) is 39.9 Å². The molecule has 0 saturated carbocycles. The summed E-state index contributed by atoms with van der Waals surface area (Å²) in [4.78, 5) is 14.8. The smallest absolute Gasteiger partial charge is 0.228 e. The first-order valence-corrected chi connectivity index (χ1v) is 7.19. The molecule has 0 unspecified atom stereocenters. The molecule has 0 radical (unpaired) electrons. The molecule has 1 rings (SSSR count). The number of nitrogens with one attached hydrogen (secondary N) is 1. The fourth-order valence-electron chi connectivity index (χ4n) is 2.89. The van der Waals surface area contributed by atoms with E-state index in [1.165, 1.54) is 0 Å². The first-order valence-electron chi connectivity index (χ1n) is 7.19. The van der Waals surface area contributed by atoms with Gasteiger partial charge in [0.25, 0.3) is 0 Å². The Morgan fingerprint density at radius 3 is 2.50 bits per heavy atom. The first-order chi connectivity index (χ1) is 8.70. The van der Waals surface area contributed by atoms with Crippen LogP contribution < -0.4 is 5.32 Å². The highest BCUT2D eigenvalue weighted by atomic mass is 16.5. The Balaban J connectivity index is 2.73. The minimum Gasteiger partial charge on any atom is -0.383 e. The van der Waals surface area contributed by atoms with Gasteiger partial charge in [-0.3, -0.25) is 4.79 Å². The second-order valence-electron chi connectivity index (χ2n) is 5.16. The van der Waals surface area contributed by atoms with E-state index in [-0.39, 0.29) is 5.41 Å². The number of amides is 1. The highest BCUT2D eigenvalue weighted by Gasteiger charge is 2.40. The van der Waals surface area contributed by atoms with Crippen LogP contribution in [0.25, 0.3) is 0 Å². The summed E-state index contributed by atoms with van der Waals surface area (Å²) < 4.78 is 5.10. The third-order valence-electron chi connectivity index (χ3n) is 3.98. The summed E-state index contributed by atoms with van der Waals surface area (Å²) in [6, 6.07) is 0. The molecule has 0 aromatic rings. The van der Waals surface area contributed by atoms with Crippen molar-refractivity contribution < 1.29 is 9.53 Å². The van der Waals surface area contributed by atoms with Gasteiger partial charge >= 0.3 is 0 Å². The third-order valence-corrected chi connectivity index (χ3v) is 3.98. The van der Waals surface area contributed by atoms with Gasteiger partial charge in [-0.1, -0.05) is 13.3 Å². The number of carbonyl (C=O) groups is 1. The zero-order chi connectivity index (χ0) is 13.4. The normalized spacial score (nSPS) is 18.6. The van der Waals surface area contributed by atoms with Crippen LogP contribution in [0.1, 0.15) is 39.5 Å². The summed E-state index contributed by atoms with van der Waals surface area (Å²) in [7, 11) is 1.69. The van der Waals surface area contributed by atoms with Crippen molar-refractivity contribution in [3.63, 3.8) is 0 Å². The lowest BCUT2D eigenvalue weighted by atomic mass is 9.74. The van der Waals surface area contributed by atoms with Crippen LogP contribution in [0.4, 0.5) is 0 Å². The molecule has 1 fully saturated rings. The van der Waals surface area contributed by atoms with Crippen LogP contribution >= 0.6 is 0 Å². The maximum absolute atomic E-state index is 12.8. The predicted octanol–water partition coefficient (Wildman–Crippen LogP) is 1.65. The molecule has 1 amide bonds. The molecule has 0 bridgehead atoms. The van der Waals surface area contributed by atoms with Crippen molar-refractivity contribution in [3.8, 4) is 0 Å². The molecule has 0 aromatic heterocycles. The number of carbonyl (C=O) groups excluding carboxylic acids is 1. The Morgan fingerprint density at radius 2 is 2.00 bits per heavy atom. The molecular formula is C14H28N2O2. The molecule has 4 heteroatoms. The predicted molar refractivity (Wildman–Crippen MR) is 73.6 cm³/mol. The van der Waals surface area contributed by atoms with Gasteiger partial charge in [0.1, 0.15) is 0 Å². The van der Waals surface area contributed by atoms with Gasteiger partial charge in [0, 0.05) is 20.2 Å². The van der Waals surface area contributed by atoms with Gasteiger partial charge in [-0.2, -0.15) is 0 Å². The van der Waals surface area contributed by atoms with Gasteiger partial charge in [0.05, 0.1) is 12.0 Å². The largest absolute Gasteiger partial charge is 0.383 e. The van der Waals surface area contributed by atoms with Gasteiger partial charge < -0.3 is 15.0 Å². The van der Waals surface area contributed by atoms with E-state index < -0.39 is 0 Å². The van der Waals surface area contributed by atoms with Crippen molar-refractivity contribution in [2.24, 2.45) is 5.41 Å². The van der Waals surface area contributed by atoms with E-state index in [1.807, 2.05) is 11.8 Å². The summed E-state index contributed by atoms with van der Waals surface area (Å²) >= 11 is 0. The third kappa shape index (κ3) is 3.69. The van der Waals surface area contributed by atoms with Crippen molar-refractivity contribution in [3.05, 3.63) is 0 Å². The molecule has 1 heterocycles. The minimum absolute atomic E-state index is 0.121. The minimum atomic E-state index is -0.121. The number of hydrogen-bond acceptors (Lipinski definition) is 3. The van der Waals surface area contributed by atoms with Crippen LogP contribution in [0, 0.1) is 5.41 Å². The van der Waals surface area contributed by atoms with E-state index in [2.05, 4.69) is 12.2 Å². The van der Waals surface area contributed by atoms with Crippen LogP contribution in [0.15, 0.2) is 0 Å². The lowest BCUT2D eigenvalue weighted by Gasteiger charge is -2.40. The monoisotopic (exact) mass is 256 g/mol. The number of likely N-dealkylation sites (N-methyl/N-ethyl adjacent to an activating group) is 1. The SMILES string of the molecule is CCCC1(C(=O)N(CC)CCOC)CCNCC1. The molecule has 0 atom stereocenters. The molecule has 0 aliphatic carbocycles. The topological polar surface area (TPSA) is 41.6 Å². The summed E-state index contributed by atoms with van der Waals surface area (Å²) in [5.41, 5.74) is -0.121. The molecule has 106 valence electrons. The maximum atomic E-state index is 12.8. The molecule has 18 heavy (non-hydrogen) atoms. The van der Waals surface area contributed by atoms with Gasteiger partial charge in [0.2, 0.25) is 5.91 Å². The fourth-order valence-corrected chi connectivity index (χ4v) is 2.89. The quantitative estimate of drug-likeness (QED) is 0.753. The van der Waals surface area contributed by atoms with E-state index in [0.717, 1.165) is 45.3 Å². The van der Waals surface area contributed by atoms with E-state index in [1.54, 1.807) is 7.11 Å². The fraction of sp³-hybridized carbons (Fsp3) is 0.929. The second kappa shape index (κ2) is 7.74. The molecule has 1 aliphatic heterocycles. The van der Waals surface area contributed by atoms with Crippen LogP contribution in [-0.2, 0) is 9.53 Å². The molecule has 4 nitrogen and oxygen atoms in total. The lowest BCUT2D eigenvalue weighted by Crippen LogP contribution is -2.50. The van der Waals surface area contributed by atoms with Crippen molar-refractivity contribution >= 4 is 5.91 Å². The Bertz CT molecular complexity index is 245. The number of methoxy groups -OCH3 is 1. The van der Waals surface area contributed by atoms with E-state index >= 15 is 0 Å². The van der Waals surface area contributed by atoms with E-state index in [9.17, 15) is 4.79 Å². The standard InChI is InChI=1S/C14H28N2O2/c1-4-6-14(7-9-15-10-8-14)13(17)16(5-2)11-12-18-3/h15H,4-12H2,1-3H3. The average Bonchev–Trinajstić information content (AvgIpc) is 2.41. The number of ether oxygens (including phenoxy) is 1. The first kappa shape index (κ1) is 15.4. The summed E-state index contributed by atoms with van der Waals surface area (Å²) in [6.07, 6.45) is 4.04. The summed E-state index contributed by atoms with van der Waals surface area (Å²) in [5.74, 6) is 0.338. The summed E-state index contributed by atoms with van der Waals surface area (Å²) in [6.45, 7) is 8.27. The Morgan fingerprint density at radius 1 is 1.33 bits per heavy atom.